The van der Waals surface area contributed by atoms with E-state index in [-0.39, 0.29) is 0 Å². The smallest absolute Gasteiger partial charge is 0.106 e. The average molecular weight is 163 g/mol. The fourth-order valence-corrected chi connectivity index (χ4v) is 1.52. The first-order chi connectivity index (χ1) is 5.71. The second kappa shape index (κ2) is 2.56. The quantitative estimate of drug-likeness (QED) is 0.719. The van der Waals surface area contributed by atoms with Gasteiger partial charge in [-0.25, -0.2) is 0 Å². The minimum Gasteiger partial charge on any atom is -0.384 e. The molecular weight excluding hydrogens is 150 g/mol. The van der Waals surface area contributed by atoms with E-state index in [9.17, 15) is 5.11 Å². The van der Waals surface area contributed by atoms with E-state index in [1.165, 1.54) is 0 Å². The molecule has 1 aromatic heterocycles. The van der Waals surface area contributed by atoms with E-state index < -0.39 is 5.60 Å². The Hall–Kier alpha value is -0.890. The van der Waals surface area contributed by atoms with Crippen LogP contribution in [0.25, 0.3) is 0 Å². The number of hydrogen-bond donors (Lipinski definition) is 1. The molecule has 2 rings (SSSR count). The minimum atomic E-state index is -0.707. The summed E-state index contributed by atoms with van der Waals surface area (Å²) in [7, 11) is 0. The Balaban J connectivity index is 2.28. The lowest BCUT2D eigenvalue weighted by Gasteiger charge is -2.21. The van der Waals surface area contributed by atoms with Crippen LogP contribution in [0.15, 0.2) is 24.4 Å². The average Bonchev–Trinajstić information content (AvgIpc) is 2.88. The maximum Gasteiger partial charge on any atom is 0.106 e. The van der Waals surface area contributed by atoms with E-state index >= 15 is 0 Å². The van der Waals surface area contributed by atoms with Crippen LogP contribution in [0.5, 0.6) is 0 Å². The van der Waals surface area contributed by atoms with Gasteiger partial charge in [-0.3, -0.25) is 4.98 Å². The Morgan fingerprint density at radius 3 is 2.75 bits per heavy atom. The third-order valence-electron chi connectivity index (χ3n) is 2.56. The van der Waals surface area contributed by atoms with Crippen LogP contribution in [0.3, 0.4) is 0 Å². The molecule has 1 aliphatic rings. The van der Waals surface area contributed by atoms with Crippen molar-refractivity contribution in [3.8, 4) is 0 Å². The highest BCUT2D eigenvalue weighted by atomic mass is 16.3. The summed E-state index contributed by atoms with van der Waals surface area (Å²) in [4.78, 5) is 4.16. The Morgan fingerprint density at radius 1 is 1.50 bits per heavy atom. The molecular formula is C10H13NO. The maximum atomic E-state index is 10.1. The number of rotatable bonds is 2. The molecule has 1 unspecified atom stereocenters. The van der Waals surface area contributed by atoms with E-state index in [1.807, 2.05) is 25.1 Å². The molecule has 0 amide bonds. The molecule has 1 heterocycles. The summed E-state index contributed by atoms with van der Waals surface area (Å²) in [5, 5.41) is 10.1. The van der Waals surface area contributed by atoms with Crippen LogP contribution in [0.2, 0.25) is 0 Å². The van der Waals surface area contributed by atoms with Crippen molar-refractivity contribution in [2.45, 2.75) is 25.4 Å². The van der Waals surface area contributed by atoms with Gasteiger partial charge < -0.3 is 5.11 Å². The number of nitrogens with zero attached hydrogens (tertiary/aromatic N) is 1. The summed E-state index contributed by atoms with van der Waals surface area (Å²) in [5.74, 6) is 0.424. The van der Waals surface area contributed by atoms with Crippen LogP contribution >= 0.6 is 0 Å². The normalized spacial score (nSPS) is 21.8. The number of aromatic nitrogens is 1. The van der Waals surface area contributed by atoms with Gasteiger partial charge in [0.25, 0.3) is 0 Å². The molecule has 2 heteroatoms. The van der Waals surface area contributed by atoms with Crippen LogP contribution in [-0.2, 0) is 5.60 Å². The predicted octanol–water partition coefficient (Wildman–Crippen LogP) is 1.70. The van der Waals surface area contributed by atoms with Gasteiger partial charge in [-0.05, 0) is 37.8 Å². The highest BCUT2D eigenvalue weighted by Crippen LogP contribution is 2.44. The van der Waals surface area contributed by atoms with Gasteiger partial charge in [0.1, 0.15) is 5.60 Å². The molecule has 1 aromatic rings. The zero-order chi connectivity index (χ0) is 8.60. The standard InChI is InChI=1S/C10H13NO/c1-10(12,8-5-6-8)9-4-2-3-7-11-9/h2-4,7-8,12H,5-6H2,1H3. The Morgan fingerprint density at radius 2 is 2.25 bits per heavy atom. The molecule has 12 heavy (non-hydrogen) atoms. The van der Waals surface area contributed by atoms with E-state index in [0.29, 0.717) is 5.92 Å². The number of aliphatic hydroxyl groups is 1. The van der Waals surface area contributed by atoms with Crippen LogP contribution in [-0.4, -0.2) is 10.1 Å². The SMILES string of the molecule is CC(O)(c1ccccn1)C1CC1. The molecule has 1 atom stereocenters. The van der Waals surface area contributed by atoms with Gasteiger partial charge in [0.05, 0.1) is 5.69 Å². The molecule has 0 aliphatic heterocycles. The predicted molar refractivity (Wildman–Crippen MR) is 46.5 cm³/mol. The highest BCUT2D eigenvalue weighted by molar-refractivity contribution is 5.15. The Labute approximate surface area is 72.3 Å². The van der Waals surface area contributed by atoms with Crippen molar-refractivity contribution in [3.05, 3.63) is 30.1 Å². The van der Waals surface area contributed by atoms with Gasteiger partial charge in [-0.15, -0.1) is 0 Å². The lowest BCUT2D eigenvalue weighted by Crippen LogP contribution is -2.24. The van der Waals surface area contributed by atoms with Crippen LogP contribution in [0.1, 0.15) is 25.5 Å². The molecule has 0 aromatic carbocycles. The molecule has 0 bridgehead atoms. The Kier molecular flexibility index (Phi) is 1.65. The van der Waals surface area contributed by atoms with Gasteiger partial charge in [-0.2, -0.15) is 0 Å². The van der Waals surface area contributed by atoms with E-state index in [4.69, 9.17) is 0 Å². The van der Waals surface area contributed by atoms with Crippen molar-refractivity contribution in [1.29, 1.82) is 0 Å². The Bertz CT molecular complexity index is 264. The van der Waals surface area contributed by atoms with Gasteiger partial charge in [0.15, 0.2) is 0 Å². The minimum absolute atomic E-state index is 0.424. The van der Waals surface area contributed by atoms with Gasteiger partial charge in [0.2, 0.25) is 0 Å². The first kappa shape index (κ1) is 7.74. The fourth-order valence-electron chi connectivity index (χ4n) is 1.52. The van der Waals surface area contributed by atoms with E-state index in [0.717, 1.165) is 18.5 Å². The molecule has 0 spiro atoms. The summed E-state index contributed by atoms with van der Waals surface area (Å²) < 4.78 is 0. The van der Waals surface area contributed by atoms with E-state index in [1.54, 1.807) is 6.20 Å². The molecule has 1 saturated carbocycles. The largest absolute Gasteiger partial charge is 0.384 e. The highest BCUT2D eigenvalue weighted by Gasteiger charge is 2.41. The second-order valence-electron chi connectivity index (χ2n) is 3.64. The second-order valence-corrected chi connectivity index (χ2v) is 3.64. The molecule has 1 fully saturated rings. The first-order valence-electron chi connectivity index (χ1n) is 4.35. The van der Waals surface area contributed by atoms with E-state index in [2.05, 4.69) is 4.98 Å². The van der Waals surface area contributed by atoms with Crippen LogP contribution in [0, 0.1) is 5.92 Å². The fraction of sp³-hybridized carbons (Fsp3) is 0.500. The monoisotopic (exact) mass is 163 g/mol. The molecule has 1 N–H and O–H groups in total. The summed E-state index contributed by atoms with van der Waals surface area (Å²) >= 11 is 0. The van der Waals surface area contributed by atoms with Crippen molar-refractivity contribution >= 4 is 0 Å². The molecule has 0 saturated heterocycles. The summed E-state index contributed by atoms with van der Waals surface area (Å²) in [5.41, 5.74) is 0.0915. The molecule has 2 nitrogen and oxygen atoms in total. The van der Waals surface area contributed by atoms with Gasteiger partial charge >= 0.3 is 0 Å². The van der Waals surface area contributed by atoms with Crippen molar-refractivity contribution in [2.75, 3.05) is 0 Å². The lowest BCUT2D eigenvalue weighted by atomic mass is 9.96. The van der Waals surface area contributed by atoms with Gasteiger partial charge in [0, 0.05) is 6.20 Å². The van der Waals surface area contributed by atoms with Crippen LogP contribution in [0.4, 0.5) is 0 Å². The molecule has 64 valence electrons. The lowest BCUT2D eigenvalue weighted by molar-refractivity contribution is 0.0286. The summed E-state index contributed by atoms with van der Waals surface area (Å²) in [6, 6.07) is 5.67. The summed E-state index contributed by atoms with van der Waals surface area (Å²) in [6.07, 6.45) is 3.99. The summed E-state index contributed by atoms with van der Waals surface area (Å²) in [6.45, 7) is 1.85. The first-order valence-corrected chi connectivity index (χ1v) is 4.35. The van der Waals surface area contributed by atoms with Crippen molar-refractivity contribution in [2.24, 2.45) is 5.92 Å². The van der Waals surface area contributed by atoms with Crippen molar-refractivity contribution in [3.63, 3.8) is 0 Å². The van der Waals surface area contributed by atoms with Crippen LogP contribution < -0.4 is 0 Å². The third-order valence-corrected chi connectivity index (χ3v) is 2.56. The zero-order valence-corrected chi connectivity index (χ0v) is 7.20. The topological polar surface area (TPSA) is 33.1 Å². The third kappa shape index (κ3) is 1.23. The number of pyridine rings is 1. The number of hydrogen-bond acceptors (Lipinski definition) is 2. The van der Waals surface area contributed by atoms with Gasteiger partial charge in [-0.1, -0.05) is 6.07 Å². The maximum absolute atomic E-state index is 10.1. The van der Waals surface area contributed by atoms with Crippen molar-refractivity contribution in [1.82, 2.24) is 4.98 Å². The molecule has 1 aliphatic carbocycles. The van der Waals surface area contributed by atoms with Crippen molar-refractivity contribution < 1.29 is 5.11 Å². The molecule has 0 radical (unpaired) electrons. The zero-order valence-electron chi connectivity index (χ0n) is 7.20.